The van der Waals surface area contributed by atoms with Crippen LogP contribution in [0.2, 0.25) is 0 Å². The minimum absolute atomic E-state index is 0.463. The zero-order valence-electron chi connectivity index (χ0n) is 8.42. The van der Waals surface area contributed by atoms with Gasteiger partial charge in [-0.05, 0) is 24.0 Å². The number of urea groups is 1. The number of hydrogen-bond donors (Lipinski definition) is 2. The van der Waals surface area contributed by atoms with E-state index in [9.17, 15) is 4.79 Å². The van der Waals surface area contributed by atoms with Crippen molar-refractivity contribution in [3.05, 3.63) is 35.4 Å². The van der Waals surface area contributed by atoms with Gasteiger partial charge in [-0.1, -0.05) is 31.2 Å². The predicted octanol–water partition coefficient (Wildman–Crippen LogP) is 1.46. The van der Waals surface area contributed by atoms with Gasteiger partial charge in [0.05, 0.1) is 0 Å². The second-order valence-corrected chi connectivity index (χ2v) is 3.21. The third-order valence-corrected chi connectivity index (χ3v) is 2.14. The molecule has 0 radical (unpaired) electrons. The van der Waals surface area contributed by atoms with Crippen LogP contribution in [0.25, 0.3) is 0 Å². The number of aryl methyl sites for hydroxylation is 1. The Labute approximate surface area is 84.3 Å². The van der Waals surface area contributed by atoms with Crippen molar-refractivity contribution in [2.24, 2.45) is 5.73 Å². The van der Waals surface area contributed by atoms with Gasteiger partial charge in [0, 0.05) is 6.54 Å². The maximum atomic E-state index is 10.4. The highest BCUT2D eigenvalue weighted by Crippen LogP contribution is 2.04. The molecular formula is C11H16N2O. The lowest BCUT2D eigenvalue weighted by molar-refractivity contribution is 0.249. The van der Waals surface area contributed by atoms with E-state index < -0.39 is 6.03 Å². The van der Waals surface area contributed by atoms with Crippen molar-refractivity contribution in [1.82, 2.24) is 5.32 Å². The Bertz CT molecular complexity index is 293. The first-order valence-corrected chi connectivity index (χ1v) is 4.83. The second-order valence-electron chi connectivity index (χ2n) is 3.21. The molecule has 1 aromatic rings. The number of primary amides is 1. The molecule has 3 heteroatoms. The molecule has 0 saturated carbocycles. The number of amides is 2. The van der Waals surface area contributed by atoms with Crippen LogP contribution in [0, 0.1) is 0 Å². The summed E-state index contributed by atoms with van der Waals surface area (Å²) in [5.41, 5.74) is 7.50. The Morgan fingerprint density at radius 3 is 2.36 bits per heavy atom. The van der Waals surface area contributed by atoms with Crippen molar-refractivity contribution in [2.45, 2.75) is 19.8 Å². The van der Waals surface area contributed by atoms with Crippen LogP contribution in [0.3, 0.4) is 0 Å². The maximum absolute atomic E-state index is 10.4. The Kier molecular flexibility index (Phi) is 3.98. The SMILES string of the molecule is CCc1ccc(CCNC(N)=O)cc1. The van der Waals surface area contributed by atoms with Crippen LogP contribution in [-0.4, -0.2) is 12.6 Å². The quantitative estimate of drug-likeness (QED) is 0.745. The molecule has 0 aliphatic carbocycles. The van der Waals surface area contributed by atoms with Crippen LogP contribution >= 0.6 is 0 Å². The van der Waals surface area contributed by atoms with Crippen molar-refractivity contribution < 1.29 is 4.79 Å². The normalized spacial score (nSPS) is 9.79. The summed E-state index contributed by atoms with van der Waals surface area (Å²) < 4.78 is 0. The number of hydrogen-bond acceptors (Lipinski definition) is 1. The summed E-state index contributed by atoms with van der Waals surface area (Å²) in [4.78, 5) is 10.4. The van der Waals surface area contributed by atoms with Gasteiger partial charge in [-0.3, -0.25) is 0 Å². The van der Waals surface area contributed by atoms with E-state index in [-0.39, 0.29) is 0 Å². The van der Waals surface area contributed by atoms with E-state index in [0.29, 0.717) is 6.54 Å². The number of carbonyl (C=O) groups excluding carboxylic acids is 1. The number of nitrogens with one attached hydrogen (secondary N) is 1. The van der Waals surface area contributed by atoms with Gasteiger partial charge >= 0.3 is 6.03 Å². The first-order valence-electron chi connectivity index (χ1n) is 4.83. The fourth-order valence-corrected chi connectivity index (χ4v) is 1.27. The Balaban J connectivity index is 2.40. The smallest absolute Gasteiger partial charge is 0.312 e. The molecule has 3 nitrogen and oxygen atoms in total. The molecule has 0 aliphatic rings. The topological polar surface area (TPSA) is 55.1 Å². The van der Waals surface area contributed by atoms with Crippen LogP contribution in [0.15, 0.2) is 24.3 Å². The molecule has 0 spiro atoms. The summed E-state index contributed by atoms with van der Waals surface area (Å²) >= 11 is 0. The molecule has 2 amide bonds. The van der Waals surface area contributed by atoms with E-state index in [1.807, 2.05) is 0 Å². The first kappa shape index (κ1) is 10.6. The van der Waals surface area contributed by atoms with E-state index in [1.54, 1.807) is 0 Å². The number of carbonyl (C=O) groups is 1. The molecular weight excluding hydrogens is 176 g/mol. The van der Waals surface area contributed by atoms with Crippen LogP contribution < -0.4 is 11.1 Å². The van der Waals surface area contributed by atoms with Crippen LogP contribution in [0.1, 0.15) is 18.1 Å². The molecule has 14 heavy (non-hydrogen) atoms. The Hall–Kier alpha value is -1.51. The van der Waals surface area contributed by atoms with Gasteiger partial charge in [-0.2, -0.15) is 0 Å². The molecule has 0 bridgehead atoms. The molecule has 0 fully saturated rings. The van der Waals surface area contributed by atoms with Gasteiger partial charge < -0.3 is 11.1 Å². The summed E-state index contributed by atoms with van der Waals surface area (Å²) in [5.74, 6) is 0. The fraction of sp³-hybridized carbons (Fsp3) is 0.364. The molecule has 1 rings (SSSR count). The molecule has 0 saturated heterocycles. The maximum Gasteiger partial charge on any atom is 0.312 e. The average molecular weight is 192 g/mol. The van der Waals surface area contributed by atoms with E-state index in [2.05, 4.69) is 36.5 Å². The lowest BCUT2D eigenvalue weighted by atomic mass is 10.1. The van der Waals surface area contributed by atoms with Gasteiger partial charge in [0.15, 0.2) is 0 Å². The molecule has 76 valence electrons. The first-order chi connectivity index (χ1) is 6.72. The van der Waals surface area contributed by atoms with Crippen molar-refractivity contribution in [2.75, 3.05) is 6.54 Å². The highest BCUT2D eigenvalue weighted by atomic mass is 16.2. The Morgan fingerprint density at radius 1 is 1.29 bits per heavy atom. The molecule has 1 aromatic carbocycles. The van der Waals surface area contributed by atoms with Gasteiger partial charge in [-0.15, -0.1) is 0 Å². The fourth-order valence-electron chi connectivity index (χ4n) is 1.27. The van der Waals surface area contributed by atoms with Gasteiger partial charge in [0.25, 0.3) is 0 Å². The number of nitrogens with two attached hydrogens (primary N) is 1. The molecule has 0 atom stereocenters. The second kappa shape index (κ2) is 5.27. The third kappa shape index (κ3) is 3.47. The largest absolute Gasteiger partial charge is 0.352 e. The van der Waals surface area contributed by atoms with E-state index in [4.69, 9.17) is 5.73 Å². The van der Waals surface area contributed by atoms with Crippen molar-refractivity contribution in [1.29, 1.82) is 0 Å². The Morgan fingerprint density at radius 2 is 1.86 bits per heavy atom. The van der Waals surface area contributed by atoms with E-state index >= 15 is 0 Å². The van der Waals surface area contributed by atoms with Crippen LogP contribution in [0.4, 0.5) is 4.79 Å². The van der Waals surface area contributed by atoms with Crippen molar-refractivity contribution in [3.8, 4) is 0 Å². The van der Waals surface area contributed by atoms with Crippen LogP contribution in [0.5, 0.6) is 0 Å². The summed E-state index contributed by atoms with van der Waals surface area (Å²) in [6, 6.07) is 7.93. The minimum atomic E-state index is -0.463. The zero-order valence-corrected chi connectivity index (χ0v) is 8.42. The summed E-state index contributed by atoms with van der Waals surface area (Å²) in [6.07, 6.45) is 1.88. The molecule has 0 heterocycles. The highest BCUT2D eigenvalue weighted by Gasteiger charge is 1.95. The lowest BCUT2D eigenvalue weighted by Gasteiger charge is -2.03. The number of rotatable bonds is 4. The third-order valence-electron chi connectivity index (χ3n) is 2.14. The lowest BCUT2D eigenvalue weighted by Crippen LogP contribution is -2.30. The van der Waals surface area contributed by atoms with Gasteiger partial charge in [-0.25, -0.2) is 4.79 Å². The highest BCUT2D eigenvalue weighted by molar-refractivity contribution is 5.71. The summed E-state index contributed by atoms with van der Waals surface area (Å²) in [6.45, 7) is 2.73. The molecule has 0 unspecified atom stereocenters. The van der Waals surface area contributed by atoms with E-state index in [0.717, 1.165) is 12.8 Å². The standard InChI is InChI=1S/C11H16N2O/c1-2-9-3-5-10(6-4-9)7-8-13-11(12)14/h3-6H,2,7-8H2,1H3,(H3,12,13,14). The molecule has 0 aliphatic heterocycles. The van der Waals surface area contributed by atoms with Gasteiger partial charge in [0.2, 0.25) is 0 Å². The summed E-state index contributed by atoms with van der Waals surface area (Å²) in [7, 11) is 0. The van der Waals surface area contributed by atoms with Crippen molar-refractivity contribution >= 4 is 6.03 Å². The monoisotopic (exact) mass is 192 g/mol. The average Bonchev–Trinajstić information content (AvgIpc) is 2.18. The number of benzene rings is 1. The minimum Gasteiger partial charge on any atom is -0.352 e. The molecule has 3 N–H and O–H groups in total. The zero-order chi connectivity index (χ0) is 10.4. The van der Waals surface area contributed by atoms with Gasteiger partial charge in [0.1, 0.15) is 0 Å². The van der Waals surface area contributed by atoms with Crippen molar-refractivity contribution in [3.63, 3.8) is 0 Å². The predicted molar refractivity (Wildman–Crippen MR) is 57.1 cm³/mol. The molecule has 0 aromatic heterocycles. The van der Waals surface area contributed by atoms with Crippen LogP contribution in [-0.2, 0) is 12.8 Å². The summed E-state index contributed by atoms with van der Waals surface area (Å²) in [5, 5.41) is 2.56. The van der Waals surface area contributed by atoms with E-state index in [1.165, 1.54) is 11.1 Å².